The van der Waals surface area contributed by atoms with E-state index in [2.05, 4.69) is 136 Å². The van der Waals surface area contributed by atoms with E-state index in [1.165, 1.54) is 32.3 Å². The number of hydrogen-bond donors (Lipinski definition) is 5. The molecule has 31 heteroatoms. The highest BCUT2D eigenvalue weighted by molar-refractivity contribution is 9.29. The molecule has 488 valence electrons. The summed E-state index contributed by atoms with van der Waals surface area (Å²) in [6.45, 7) is 7.48. The molecule has 10 nitrogen and oxygen atoms in total. The Morgan fingerprint density at radius 2 is 0.625 bits per heavy atom. The number of halogens is 21. The summed E-state index contributed by atoms with van der Waals surface area (Å²) in [7, 11) is 8.29. The van der Waals surface area contributed by atoms with Gasteiger partial charge in [-0.05, 0) is 193 Å². The van der Waals surface area contributed by atoms with Gasteiger partial charge in [-0.3, -0.25) is 0 Å². The van der Waals surface area contributed by atoms with Crippen LogP contribution in [0.2, 0.25) is 25.1 Å². The van der Waals surface area contributed by atoms with Crippen molar-refractivity contribution in [2.45, 2.75) is 46.0 Å². The number of nitrogens with one attached hydrogen (secondary N) is 5. The minimum absolute atomic E-state index is 0.0258. The molecule has 5 aromatic carbocycles. The van der Waals surface area contributed by atoms with Crippen molar-refractivity contribution in [3.63, 3.8) is 0 Å². The Hall–Kier alpha value is -2.13. The van der Waals surface area contributed by atoms with Crippen LogP contribution in [0.1, 0.15) is 41.7 Å². The third kappa shape index (κ3) is 32.1. The number of aryl methyl sites for hydroxylation is 3. The first kappa shape index (κ1) is 83.9. The Morgan fingerprint density at radius 1 is 0.386 bits per heavy atom. The number of alkyl halides is 6. The highest BCUT2D eigenvalue weighted by Crippen LogP contribution is 2.43. The molecule has 0 amide bonds. The van der Waals surface area contributed by atoms with E-state index < -0.39 is 23.5 Å². The minimum Gasteiger partial charge on any atom is -0.489 e. The lowest BCUT2D eigenvalue weighted by Crippen LogP contribution is -2.10. The van der Waals surface area contributed by atoms with Crippen LogP contribution in [0.15, 0.2) is 110 Å². The molecule has 5 N–H and O–H groups in total. The molecule has 0 aromatic heterocycles. The monoisotopic (exact) mass is 1790 g/mol. The number of benzene rings is 5. The topological polar surface area (TPSA) is 106 Å². The molecule has 0 unspecified atom stereocenters. The zero-order valence-corrected chi connectivity index (χ0v) is 63.9. The molecule has 0 radical (unpaired) electrons. The minimum atomic E-state index is -4.54. The molecule has 5 rings (SSSR count). The normalized spacial score (nSPS) is 10.4. The molecular weight excluding hydrogens is 1750 g/mol. The third-order valence-corrected chi connectivity index (χ3v) is 14.8. The maximum Gasteiger partial charge on any atom is 0.418 e. The van der Waals surface area contributed by atoms with Gasteiger partial charge in [-0.1, -0.05) is 118 Å². The summed E-state index contributed by atoms with van der Waals surface area (Å²) in [6.07, 6.45) is 0.970. The molecule has 0 heterocycles. The van der Waals surface area contributed by atoms with E-state index in [1.807, 2.05) is 64.5 Å². The van der Waals surface area contributed by atoms with Crippen molar-refractivity contribution in [2.75, 3.05) is 94.9 Å². The smallest absolute Gasteiger partial charge is 0.418 e. The Kier molecular flexibility index (Phi) is 41.7. The zero-order chi connectivity index (χ0) is 67.1. The Bertz CT molecular complexity index is 2990. The molecule has 0 aliphatic heterocycles. The summed E-state index contributed by atoms with van der Waals surface area (Å²) >= 11 is 71.0. The van der Waals surface area contributed by atoms with E-state index in [1.54, 1.807) is 24.3 Å². The second-order valence-corrected chi connectivity index (χ2v) is 29.0. The second kappa shape index (κ2) is 43.7. The lowest BCUT2D eigenvalue weighted by Gasteiger charge is -2.16. The Balaban J connectivity index is 0.000000551. The maximum atomic E-state index is 12.9. The maximum absolute atomic E-state index is 12.9. The van der Waals surface area contributed by atoms with Gasteiger partial charge in [0.05, 0.1) is 74.9 Å². The highest BCUT2D eigenvalue weighted by Gasteiger charge is 2.36. The fraction of sp³-hybridized carbons (Fsp3) is 0.298. The second-order valence-electron chi connectivity index (χ2n) is 16.6. The fourth-order valence-corrected chi connectivity index (χ4v) is 9.61. The first-order valence-electron chi connectivity index (χ1n) is 25.1. The van der Waals surface area contributed by atoms with Crippen molar-refractivity contribution in [2.24, 2.45) is 0 Å². The van der Waals surface area contributed by atoms with Crippen LogP contribution in [0.4, 0.5) is 54.8 Å². The molecule has 0 saturated heterocycles. The van der Waals surface area contributed by atoms with Crippen LogP contribution in [0, 0.1) is 6.92 Å². The van der Waals surface area contributed by atoms with Crippen LogP contribution < -0.4 is 50.3 Å². The Morgan fingerprint density at radius 3 is 0.852 bits per heavy atom. The van der Waals surface area contributed by atoms with Crippen LogP contribution in [0.3, 0.4) is 0 Å². The van der Waals surface area contributed by atoms with E-state index >= 15 is 0 Å². The van der Waals surface area contributed by atoms with E-state index in [0.29, 0.717) is 44.0 Å². The van der Waals surface area contributed by atoms with Gasteiger partial charge in [-0.15, -0.1) is 0 Å². The predicted octanol–water partition coefficient (Wildman–Crippen LogP) is 24.8. The first-order valence-corrected chi connectivity index (χ1v) is 33.2. The van der Waals surface area contributed by atoms with Gasteiger partial charge in [-0.2, -0.15) is 26.3 Å². The van der Waals surface area contributed by atoms with Gasteiger partial charge >= 0.3 is 12.4 Å². The number of ether oxygens (including phenoxy) is 5. The molecule has 0 fully saturated rings. The van der Waals surface area contributed by atoms with Crippen LogP contribution in [-0.4, -0.2) is 68.3 Å². The van der Waals surface area contributed by atoms with Crippen molar-refractivity contribution >= 4 is 228 Å². The lowest BCUT2D eigenvalue weighted by molar-refractivity contribution is -0.137. The highest BCUT2D eigenvalue weighted by atomic mass is 79.9. The van der Waals surface area contributed by atoms with Crippen molar-refractivity contribution < 1.29 is 50.0 Å². The van der Waals surface area contributed by atoms with Crippen LogP contribution in [0.5, 0.6) is 28.7 Å². The van der Waals surface area contributed by atoms with Crippen molar-refractivity contribution in [3.8, 4) is 28.7 Å². The van der Waals surface area contributed by atoms with Crippen molar-refractivity contribution in [1.29, 1.82) is 0 Å². The molecule has 0 aliphatic rings. The summed E-state index contributed by atoms with van der Waals surface area (Å²) < 4.78 is 107. The third-order valence-electron chi connectivity index (χ3n) is 10.7. The van der Waals surface area contributed by atoms with E-state index in [-0.39, 0.29) is 55.1 Å². The fourth-order valence-electron chi connectivity index (χ4n) is 6.96. The Labute approximate surface area is 604 Å². The van der Waals surface area contributed by atoms with Gasteiger partial charge in [0.15, 0.2) is 0 Å². The number of anilines is 5. The van der Waals surface area contributed by atoms with E-state index in [4.69, 9.17) is 128 Å². The van der Waals surface area contributed by atoms with Gasteiger partial charge < -0.3 is 50.3 Å². The zero-order valence-electron chi connectivity index (χ0n) is 47.6. The molecule has 88 heavy (non-hydrogen) atoms. The molecule has 5 aromatic rings. The van der Waals surface area contributed by atoms with Crippen molar-refractivity contribution in [3.05, 3.63) is 163 Å². The van der Waals surface area contributed by atoms with Gasteiger partial charge in [0.25, 0.3) is 0 Å². The molecule has 0 aliphatic carbocycles. The lowest BCUT2D eigenvalue weighted by atomic mass is 10.1. The standard InChI is InChI=1S/C12H14Br2ClNO.C12H14Cl3NO.C11H9Br2ClF3NO.C11H12Br2ClNO.C11H9Cl3F3NO/c1-3-8-6-9(17-5-4-11(13)14)7-10(15)12(8)16-2;1-3-8-6-9(17-5-4-11(14)15)7-10(13)12(8)16-2;1-18-10-7(11(15,16)17)4-6(5-8(10)14)19-3-2-9(12)13;1-7-5-8(16-4-3-10(12)13)6-9(14)11(7)15-2;1-18-10-7(11(15,16)17)4-6(5-8(10)12)19-3-2-9(13)14/h2*4,6-7,16H,3,5H2,1-2H3;2,4-5,18H,3H2,1H3;3,5-6,15H,4H2,1-2H3;2,4-5,18H,3H2,1H3. The SMILES string of the molecule is CCc1cc(OCC=C(Br)Br)cc(Cl)c1NC.CCc1cc(OCC=C(Cl)Cl)cc(Cl)c1NC.CNc1c(C)cc(OCC=C(Br)Br)cc1Cl.CNc1c(Cl)cc(OCC=C(Br)Br)cc1C(F)(F)F.CNc1c(Cl)cc(OCC=C(Cl)Cl)cc1C(F)(F)F. The van der Waals surface area contributed by atoms with Crippen molar-refractivity contribution in [1.82, 2.24) is 0 Å². The largest absolute Gasteiger partial charge is 0.489 e. The average molecular weight is 1810 g/mol. The summed E-state index contributed by atoms with van der Waals surface area (Å²) in [6, 6.07) is 15.7. The van der Waals surface area contributed by atoms with Gasteiger partial charge in [0.2, 0.25) is 0 Å². The van der Waals surface area contributed by atoms with Gasteiger partial charge in [0.1, 0.15) is 70.8 Å². The number of rotatable bonds is 22. The van der Waals surface area contributed by atoms with E-state index in [9.17, 15) is 26.3 Å². The molecule has 0 bridgehead atoms. The van der Waals surface area contributed by atoms with Gasteiger partial charge in [-0.25, -0.2) is 0 Å². The molecule has 0 saturated carbocycles. The van der Waals surface area contributed by atoms with E-state index in [0.717, 1.165) is 77.0 Å². The van der Waals surface area contributed by atoms with Gasteiger partial charge in [0, 0.05) is 65.6 Å². The quantitative estimate of drug-likeness (QED) is 0.0430. The first-order chi connectivity index (χ1) is 41.2. The number of hydrogen-bond acceptors (Lipinski definition) is 10. The molecule has 0 spiro atoms. The summed E-state index contributed by atoms with van der Waals surface area (Å²) in [5.41, 5.74) is 4.03. The summed E-state index contributed by atoms with van der Waals surface area (Å²) in [4.78, 5) is 0. The van der Waals surface area contributed by atoms with Crippen LogP contribution >= 0.6 is 200 Å². The molecule has 0 atom stereocenters. The van der Waals surface area contributed by atoms with Crippen LogP contribution in [-0.2, 0) is 25.2 Å². The van der Waals surface area contributed by atoms with Crippen LogP contribution in [0.25, 0.3) is 0 Å². The average Bonchev–Trinajstić information content (AvgIpc) is 2.02. The summed E-state index contributed by atoms with van der Waals surface area (Å²) in [5, 5.41) is 15.9. The predicted molar refractivity (Wildman–Crippen MR) is 383 cm³/mol. The summed E-state index contributed by atoms with van der Waals surface area (Å²) in [5.74, 6) is 2.27. The molecular formula is C57H58Br6Cl9F6N5O5.